The highest BCUT2D eigenvalue weighted by Gasteiger charge is 2.27. The summed E-state index contributed by atoms with van der Waals surface area (Å²) >= 11 is 3.41. The summed E-state index contributed by atoms with van der Waals surface area (Å²) in [5.74, 6) is 0.874. The molecule has 1 aromatic rings. The molecule has 2 rings (SSSR count). The standard InChI is InChI=1S/C12H17BrN2O/c1-9(16)6-12(10-4-2-3-5-10)15-8-11(13)7-14-15/h7-8,10,12H,2-6H2,1H3. The lowest BCUT2D eigenvalue weighted by Crippen LogP contribution is -2.20. The van der Waals surface area contributed by atoms with Crippen LogP contribution in [0.2, 0.25) is 0 Å². The van der Waals surface area contributed by atoms with Crippen molar-refractivity contribution in [3.63, 3.8) is 0 Å². The molecule has 1 saturated carbocycles. The van der Waals surface area contributed by atoms with Crippen LogP contribution in [0.5, 0.6) is 0 Å². The van der Waals surface area contributed by atoms with Crippen LogP contribution in [0.1, 0.15) is 45.1 Å². The normalized spacial score (nSPS) is 18.9. The second kappa shape index (κ2) is 5.13. The van der Waals surface area contributed by atoms with Gasteiger partial charge in [0, 0.05) is 12.6 Å². The van der Waals surface area contributed by atoms with Gasteiger partial charge in [0.05, 0.1) is 16.7 Å². The van der Waals surface area contributed by atoms with Crippen LogP contribution in [0.15, 0.2) is 16.9 Å². The van der Waals surface area contributed by atoms with Crippen molar-refractivity contribution in [2.45, 2.75) is 45.1 Å². The van der Waals surface area contributed by atoms with Gasteiger partial charge in [-0.25, -0.2) is 0 Å². The van der Waals surface area contributed by atoms with Crippen molar-refractivity contribution in [3.8, 4) is 0 Å². The minimum absolute atomic E-state index is 0.253. The Kier molecular flexibility index (Phi) is 3.79. The third-order valence-corrected chi connectivity index (χ3v) is 3.76. The highest BCUT2D eigenvalue weighted by atomic mass is 79.9. The highest BCUT2D eigenvalue weighted by molar-refractivity contribution is 9.10. The fourth-order valence-corrected chi connectivity index (χ4v) is 2.91. The molecule has 1 fully saturated rings. The number of hydrogen-bond acceptors (Lipinski definition) is 2. The summed E-state index contributed by atoms with van der Waals surface area (Å²) in [5, 5.41) is 4.33. The van der Waals surface area contributed by atoms with Gasteiger partial charge >= 0.3 is 0 Å². The predicted octanol–water partition coefficient (Wildman–Crippen LogP) is 3.36. The zero-order chi connectivity index (χ0) is 11.5. The molecule has 16 heavy (non-hydrogen) atoms. The van der Waals surface area contributed by atoms with Gasteiger partial charge in [-0.1, -0.05) is 12.8 Å². The van der Waals surface area contributed by atoms with E-state index in [1.165, 1.54) is 25.7 Å². The van der Waals surface area contributed by atoms with Gasteiger partial charge in [0.1, 0.15) is 5.78 Å². The van der Waals surface area contributed by atoms with E-state index in [-0.39, 0.29) is 11.8 Å². The first-order valence-electron chi connectivity index (χ1n) is 5.86. The molecule has 0 radical (unpaired) electrons. The molecule has 1 aliphatic carbocycles. The molecule has 88 valence electrons. The Bertz CT molecular complexity index is 369. The van der Waals surface area contributed by atoms with E-state index in [0.717, 1.165) is 4.47 Å². The molecule has 1 aliphatic rings. The summed E-state index contributed by atoms with van der Waals surface area (Å²) in [5.41, 5.74) is 0. The van der Waals surface area contributed by atoms with E-state index in [1.54, 1.807) is 13.1 Å². The van der Waals surface area contributed by atoms with E-state index in [0.29, 0.717) is 12.3 Å². The molecule has 1 aromatic heterocycles. The van der Waals surface area contributed by atoms with E-state index in [9.17, 15) is 4.79 Å². The molecule has 0 bridgehead atoms. The van der Waals surface area contributed by atoms with Crippen LogP contribution < -0.4 is 0 Å². The molecule has 0 amide bonds. The first kappa shape index (κ1) is 11.8. The Morgan fingerprint density at radius 1 is 1.62 bits per heavy atom. The van der Waals surface area contributed by atoms with Gasteiger partial charge in [-0.3, -0.25) is 9.48 Å². The van der Waals surface area contributed by atoms with Crippen molar-refractivity contribution in [2.24, 2.45) is 5.92 Å². The van der Waals surface area contributed by atoms with E-state index in [4.69, 9.17) is 0 Å². The molecule has 0 saturated heterocycles. The zero-order valence-corrected chi connectivity index (χ0v) is 11.1. The van der Waals surface area contributed by atoms with Gasteiger partial charge in [-0.15, -0.1) is 0 Å². The van der Waals surface area contributed by atoms with Crippen molar-refractivity contribution in [2.75, 3.05) is 0 Å². The zero-order valence-electron chi connectivity index (χ0n) is 9.53. The lowest BCUT2D eigenvalue weighted by atomic mass is 9.94. The molecule has 3 nitrogen and oxygen atoms in total. The molecule has 4 heteroatoms. The maximum absolute atomic E-state index is 11.3. The van der Waals surface area contributed by atoms with E-state index >= 15 is 0 Å². The largest absolute Gasteiger partial charge is 0.300 e. The van der Waals surface area contributed by atoms with Gasteiger partial charge in [-0.05, 0) is 41.6 Å². The van der Waals surface area contributed by atoms with Crippen LogP contribution in [-0.4, -0.2) is 15.6 Å². The Hall–Kier alpha value is -0.640. The molecule has 1 heterocycles. The fraction of sp³-hybridized carbons (Fsp3) is 0.667. The number of aromatic nitrogens is 2. The number of Topliss-reactive ketones (excluding diaryl/α,β-unsaturated/α-hetero) is 1. The Balaban J connectivity index is 2.16. The third kappa shape index (κ3) is 2.73. The number of carbonyl (C=O) groups is 1. The summed E-state index contributed by atoms with van der Waals surface area (Å²) in [6, 6.07) is 0.256. The number of ketones is 1. The highest BCUT2D eigenvalue weighted by Crippen LogP contribution is 2.36. The lowest BCUT2D eigenvalue weighted by molar-refractivity contribution is -0.118. The second-order valence-electron chi connectivity index (χ2n) is 4.66. The fourth-order valence-electron chi connectivity index (χ4n) is 2.61. The van der Waals surface area contributed by atoms with Crippen molar-refractivity contribution in [1.29, 1.82) is 0 Å². The number of hydrogen-bond donors (Lipinski definition) is 0. The van der Waals surface area contributed by atoms with Crippen LogP contribution in [-0.2, 0) is 4.79 Å². The summed E-state index contributed by atoms with van der Waals surface area (Å²) in [4.78, 5) is 11.3. The number of rotatable bonds is 4. The van der Waals surface area contributed by atoms with E-state index < -0.39 is 0 Å². The Labute approximate surface area is 104 Å². The molecular formula is C12H17BrN2O. The van der Waals surface area contributed by atoms with E-state index in [1.807, 2.05) is 10.9 Å². The van der Waals surface area contributed by atoms with Crippen molar-refractivity contribution < 1.29 is 4.79 Å². The molecule has 0 aliphatic heterocycles. The topological polar surface area (TPSA) is 34.9 Å². The molecule has 0 N–H and O–H groups in total. The van der Waals surface area contributed by atoms with Crippen LogP contribution in [0.4, 0.5) is 0 Å². The quantitative estimate of drug-likeness (QED) is 0.850. The summed E-state index contributed by atoms with van der Waals surface area (Å²) in [7, 11) is 0. The smallest absolute Gasteiger partial charge is 0.131 e. The van der Waals surface area contributed by atoms with Gasteiger partial charge in [0.25, 0.3) is 0 Å². The monoisotopic (exact) mass is 284 g/mol. The summed E-state index contributed by atoms with van der Waals surface area (Å²) in [6.07, 6.45) is 9.43. The molecule has 1 atom stereocenters. The van der Waals surface area contributed by atoms with Gasteiger partial charge < -0.3 is 0 Å². The SMILES string of the molecule is CC(=O)CC(C1CCCC1)n1cc(Br)cn1. The van der Waals surface area contributed by atoms with Crippen LogP contribution >= 0.6 is 15.9 Å². The minimum Gasteiger partial charge on any atom is -0.300 e. The lowest BCUT2D eigenvalue weighted by Gasteiger charge is -2.22. The van der Waals surface area contributed by atoms with Gasteiger partial charge in [0.15, 0.2) is 0 Å². The maximum atomic E-state index is 11.3. The van der Waals surface area contributed by atoms with Crippen molar-refractivity contribution in [1.82, 2.24) is 9.78 Å². The van der Waals surface area contributed by atoms with Gasteiger partial charge in [-0.2, -0.15) is 5.10 Å². The second-order valence-corrected chi connectivity index (χ2v) is 5.57. The Morgan fingerprint density at radius 3 is 2.81 bits per heavy atom. The van der Waals surface area contributed by atoms with Crippen molar-refractivity contribution in [3.05, 3.63) is 16.9 Å². The average molecular weight is 285 g/mol. The average Bonchev–Trinajstić information content (AvgIpc) is 2.84. The van der Waals surface area contributed by atoms with Crippen LogP contribution in [0.3, 0.4) is 0 Å². The third-order valence-electron chi connectivity index (χ3n) is 3.35. The van der Waals surface area contributed by atoms with Crippen LogP contribution in [0, 0.1) is 5.92 Å². The molecule has 0 aromatic carbocycles. The van der Waals surface area contributed by atoms with E-state index in [2.05, 4.69) is 21.0 Å². The number of nitrogens with zero attached hydrogens (tertiary/aromatic N) is 2. The molecule has 0 spiro atoms. The summed E-state index contributed by atoms with van der Waals surface area (Å²) < 4.78 is 2.95. The Morgan fingerprint density at radius 2 is 2.31 bits per heavy atom. The molecule has 1 unspecified atom stereocenters. The number of halogens is 1. The predicted molar refractivity (Wildman–Crippen MR) is 66.2 cm³/mol. The minimum atomic E-state index is 0.253. The van der Waals surface area contributed by atoms with Crippen molar-refractivity contribution >= 4 is 21.7 Å². The first-order chi connectivity index (χ1) is 7.66. The first-order valence-corrected chi connectivity index (χ1v) is 6.65. The summed E-state index contributed by atoms with van der Waals surface area (Å²) in [6.45, 7) is 1.67. The van der Waals surface area contributed by atoms with Gasteiger partial charge in [0.2, 0.25) is 0 Å². The van der Waals surface area contributed by atoms with Crippen LogP contribution in [0.25, 0.3) is 0 Å². The molecular weight excluding hydrogens is 268 g/mol. The number of carbonyl (C=O) groups excluding carboxylic acids is 1. The maximum Gasteiger partial charge on any atom is 0.131 e.